The Hall–Kier alpha value is 0.920. The second kappa shape index (κ2) is 11.7. The number of hydrogen-bond donors (Lipinski definition) is 0. The van der Waals surface area contributed by atoms with Gasteiger partial charge < -0.3 is 18.6 Å². The van der Waals surface area contributed by atoms with E-state index in [2.05, 4.69) is 0 Å². The minimum Gasteiger partial charge on any atom is -0.747 e. The van der Waals surface area contributed by atoms with E-state index in [1.54, 1.807) is 9.80 Å². The van der Waals surface area contributed by atoms with Crippen LogP contribution in [0.4, 0.5) is 0 Å². The van der Waals surface area contributed by atoms with Crippen LogP contribution in [0.1, 0.15) is 13.8 Å². The predicted molar refractivity (Wildman–Crippen MR) is 88.9 cm³/mol. The average Bonchev–Trinajstić information content (AvgIpc) is 2.54. The molecule has 2 unspecified atom stereocenters. The predicted octanol–water partition coefficient (Wildman–Crippen LogP) is -1.96. The first-order chi connectivity index (χ1) is 11.0. The van der Waals surface area contributed by atoms with Gasteiger partial charge in [-0.05, 0) is 13.8 Å². The van der Waals surface area contributed by atoms with Crippen molar-refractivity contribution in [3.05, 3.63) is 0 Å². The van der Waals surface area contributed by atoms with Gasteiger partial charge in [0.05, 0.1) is 37.2 Å². The normalized spacial score (nSPS) is 22.9. The van der Waals surface area contributed by atoms with Gasteiger partial charge in [-0.15, -0.1) is 0 Å². The fourth-order valence-corrected chi connectivity index (χ4v) is 3.40. The van der Waals surface area contributed by atoms with Crippen molar-refractivity contribution in [3.8, 4) is 0 Å². The van der Waals surface area contributed by atoms with Crippen molar-refractivity contribution in [2.75, 3.05) is 52.6 Å². The first-order valence-corrected chi connectivity index (χ1v) is 10.5. The zero-order valence-electron chi connectivity index (χ0n) is 14.5. The molecule has 2 heterocycles. The van der Waals surface area contributed by atoms with Crippen LogP contribution in [0, 0.1) is 0 Å². The Labute approximate surface area is 179 Å². The van der Waals surface area contributed by atoms with Crippen LogP contribution >= 0.6 is 0 Å². The van der Waals surface area contributed by atoms with Crippen molar-refractivity contribution in [1.82, 2.24) is 9.80 Å². The van der Waals surface area contributed by atoms with Gasteiger partial charge in [0.15, 0.2) is 0 Å². The molecule has 0 bridgehead atoms. The summed E-state index contributed by atoms with van der Waals surface area (Å²) in [6, 6.07) is 0. The van der Waals surface area contributed by atoms with Gasteiger partial charge in [0, 0.05) is 26.2 Å². The summed E-state index contributed by atoms with van der Waals surface area (Å²) < 4.78 is 73.6. The Bertz CT molecular complexity index is 522. The SMILES string of the molecule is CC(N1CCOCC1)S(=O)(=O)[O-].CC(N1CCOCC1)S(=O)(=O)[O-].[Ca+2]. The van der Waals surface area contributed by atoms with E-state index in [1.807, 2.05) is 0 Å². The van der Waals surface area contributed by atoms with E-state index in [0.29, 0.717) is 52.6 Å². The summed E-state index contributed by atoms with van der Waals surface area (Å²) >= 11 is 0. The quantitative estimate of drug-likeness (QED) is 0.366. The molecule has 0 aromatic carbocycles. The molecule has 13 heteroatoms. The molecule has 2 fully saturated rings. The molecular formula is C12H24CaN2O8S2. The van der Waals surface area contributed by atoms with Gasteiger partial charge in [-0.3, -0.25) is 9.80 Å². The smallest absolute Gasteiger partial charge is 0.747 e. The molecule has 2 aliphatic heterocycles. The minimum absolute atomic E-state index is 0. The maximum atomic E-state index is 10.6. The van der Waals surface area contributed by atoms with Gasteiger partial charge in [-0.2, -0.15) is 0 Å². The molecule has 144 valence electrons. The second-order valence-corrected chi connectivity index (χ2v) is 8.82. The molecule has 0 spiro atoms. The Balaban J connectivity index is 0.000000443. The van der Waals surface area contributed by atoms with Crippen LogP contribution in [0.3, 0.4) is 0 Å². The van der Waals surface area contributed by atoms with Gasteiger partial charge >= 0.3 is 37.7 Å². The van der Waals surface area contributed by atoms with Crippen molar-refractivity contribution < 1.29 is 35.4 Å². The molecule has 2 aliphatic rings. The molecule has 25 heavy (non-hydrogen) atoms. The largest absolute Gasteiger partial charge is 2.00 e. The van der Waals surface area contributed by atoms with Gasteiger partial charge in [0.25, 0.3) is 0 Å². The summed E-state index contributed by atoms with van der Waals surface area (Å²) in [7, 11) is -8.36. The number of morpholine rings is 2. The molecule has 0 aromatic rings. The van der Waals surface area contributed by atoms with E-state index in [4.69, 9.17) is 9.47 Å². The topological polar surface area (TPSA) is 139 Å². The molecule has 0 N–H and O–H groups in total. The number of ether oxygens (including phenoxy) is 2. The number of hydrogen-bond acceptors (Lipinski definition) is 10. The van der Waals surface area contributed by atoms with E-state index in [0.717, 1.165) is 0 Å². The van der Waals surface area contributed by atoms with E-state index in [9.17, 15) is 25.9 Å². The molecule has 2 atom stereocenters. The van der Waals surface area contributed by atoms with Gasteiger partial charge in [-0.1, -0.05) is 0 Å². The molecule has 0 saturated carbocycles. The monoisotopic (exact) mass is 428 g/mol. The Kier molecular flexibility index (Phi) is 12.1. The van der Waals surface area contributed by atoms with Crippen LogP contribution in [0.25, 0.3) is 0 Å². The number of nitrogens with zero attached hydrogens (tertiary/aromatic N) is 2. The first kappa shape index (κ1) is 25.9. The summed E-state index contributed by atoms with van der Waals surface area (Å²) in [5.74, 6) is 0. The maximum Gasteiger partial charge on any atom is 2.00 e. The molecule has 10 nitrogen and oxygen atoms in total. The zero-order chi connectivity index (χ0) is 18.4. The molecule has 0 radical (unpaired) electrons. The summed E-state index contributed by atoms with van der Waals surface area (Å²) in [5.41, 5.74) is 0. The van der Waals surface area contributed by atoms with Crippen molar-refractivity contribution in [2.24, 2.45) is 0 Å². The fraction of sp³-hybridized carbons (Fsp3) is 1.00. The summed E-state index contributed by atoms with van der Waals surface area (Å²) in [4.78, 5) is 3.23. The molecule has 0 aliphatic carbocycles. The van der Waals surface area contributed by atoms with Gasteiger partial charge in [-0.25, -0.2) is 16.8 Å². The van der Waals surface area contributed by atoms with Crippen LogP contribution in [0.15, 0.2) is 0 Å². The minimum atomic E-state index is -4.18. The third-order valence-electron chi connectivity index (χ3n) is 3.96. The fourth-order valence-electron chi connectivity index (χ4n) is 2.25. The van der Waals surface area contributed by atoms with Crippen LogP contribution in [-0.2, 0) is 29.7 Å². The first-order valence-electron chi connectivity index (χ1n) is 7.56. The second-order valence-electron chi connectivity index (χ2n) is 5.48. The average molecular weight is 429 g/mol. The van der Waals surface area contributed by atoms with Crippen molar-refractivity contribution in [1.29, 1.82) is 0 Å². The molecular weight excluding hydrogens is 404 g/mol. The van der Waals surface area contributed by atoms with Crippen LogP contribution in [-0.4, -0.2) is 137 Å². The molecule has 2 saturated heterocycles. The standard InChI is InChI=1S/2C6H13NO4S.Ca/c2*1-6(12(8,9)10)7-2-4-11-5-3-7;/h2*6H,2-5H2,1H3,(H,8,9,10);/q;;+2/p-2. The Morgan fingerprint density at radius 2 is 0.960 bits per heavy atom. The van der Waals surface area contributed by atoms with Crippen LogP contribution in [0.2, 0.25) is 0 Å². The summed E-state index contributed by atoms with van der Waals surface area (Å²) in [5, 5.41) is -1.86. The molecule has 0 amide bonds. The van der Waals surface area contributed by atoms with Crippen LogP contribution < -0.4 is 0 Å². The van der Waals surface area contributed by atoms with Crippen molar-refractivity contribution in [3.63, 3.8) is 0 Å². The van der Waals surface area contributed by atoms with E-state index in [1.165, 1.54) is 13.8 Å². The van der Waals surface area contributed by atoms with Gasteiger partial charge in [0.1, 0.15) is 20.2 Å². The van der Waals surface area contributed by atoms with Crippen molar-refractivity contribution >= 4 is 58.0 Å². The third kappa shape index (κ3) is 9.60. The van der Waals surface area contributed by atoms with Gasteiger partial charge in [0.2, 0.25) is 0 Å². The maximum absolute atomic E-state index is 10.6. The van der Waals surface area contributed by atoms with Crippen molar-refractivity contribution in [2.45, 2.75) is 24.6 Å². The van der Waals surface area contributed by atoms with E-state index < -0.39 is 31.0 Å². The Morgan fingerprint density at radius 1 is 0.720 bits per heavy atom. The zero-order valence-corrected chi connectivity index (χ0v) is 18.3. The summed E-state index contributed by atoms with van der Waals surface area (Å²) in [6.07, 6.45) is 0. The summed E-state index contributed by atoms with van der Waals surface area (Å²) in [6.45, 7) is 6.89. The molecule has 2 rings (SSSR count). The third-order valence-corrected chi connectivity index (χ3v) is 6.22. The molecule has 0 aromatic heterocycles. The van der Waals surface area contributed by atoms with E-state index >= 15 is 0 Å². The number of rotatable bonds is 4. The van der Waals surface area contributed by atoms with E-state index in [-0.39, 0.29) is 37.7 Å². The Morgan fingerprint density at radius 3 is 1.16 bits per heavy atom. The van der Waals surface area contributed by atoms with Crippen LogP contribution in [0.5, 0.6) is 0 Å².